The number of halogens is 1. The average molecular weight is 208 g/mol. The molecule has 0 saturated carbocycles. The molecule has 1 amide bonds. The summed E-state index contributed by atoms with van der Waals surface area (Å²) in [7, 11) is 0. The second kappa shape index (κ2) is 5.29. The predicted octanol–water partition coefficient (Wildman–Crippen LogP) is 1.08. The Balaban J connectivity index is 2.29. The lowest BCUT2D eigenvalue weighted by atomic mass is 10.4. The first-order valence-electron chi connectivity index (χ1n) is 4.33. The van der Waals surface area contributed by atoms with E-state index < -0.39 is 0 Å². The fourth-order valence-corrected chi connectivity index (χ4v) is 1.09. The Bertz CT molecular complexity index is 171. The standard InChI is InChI=1S/C8H14ClNO3/c1-7(6-9)13-8(11)10-2-4-12-5-3-10/h7H,2-6H2,1H3. The van der Waals surface area contributed by atoms with Gasteiger partial charge in [0, 0.05) is 13.1 Å². The molecule has 1 atom stereocenters. The second-order valence-corrected chi connectivity index (χ2v) is 3.26. The highest BCUT2D eigenvalue weighted by atomic mass is 35.5. The van der Waals surface area contributed by atoms with Gasteiger partial charge in [0.05, 0.1) is 19.1 Å². The molecular formula is C8H14ClNO3. The number of nitrogens with zero attached hydrogens (tertiary/aromatic N) is 1. The molecule has 0 aromatic rings. The molecule has 1 unspecified atom stereocenters. The minimum atomic E-state index is -0.295. The summed E-state index contributed by atoms with van der Waals surface area (Å²) in [5.41, 5.74) is 0. The second-order valence-electron chi connectivity index (χ2n) is 2.95. The lowest BCUT2D eigenvalue weighted by Crippen LogP contribution is -2.42. The largest absolute Gasteiger partial charge is 0.445 e. The van der Waals surface area contributed by atoms with E-state index in [9.17, 15) is 4.79 Å². The summed E-state index contributed by atoms with van der Waals surface area (Å²) in [6.45, 7) is 4.15. The molecule has 5 heteroatoms. The van der Waals surface area contributed by atoms with Crippen LogP contribution in [-0.2, 0) is 9.47 Å². The summed E-state index contributed by atoms with van der Waals surface area (Å²) >= 11 is 5.51. The Kier molecular flexibility index (Phi) is 4.32. The van der Waals surface area contributed by atoms with Crippen LogP contribution in [0.5, 0.6) is 0 Å². The van der Waals surface area contributed by atoms with E-state index in [4.69, 9.17) is 21.1 Å². The van der Waals surface area contributed by atoms with Gasteiger partial charge in [0.15, 0.2) is 0 Å². The summed E-state index contributed by atoms with van der Waals surface area (Å²) < 4.78 is 10.1. The molecule has 1 aliphatic rings. The molecule has 76 valence electrons. The minimum Gasteiger partial charge on any atom is -0.445 e. The van der Waals surface area contributed by atoms with Crippen LogP contribution >= 0.6 is 11.6 Å². The normalized spacial score (nSPS) is 19.7. The molecule has 0 aliphatic carbocycles. The van der Waals surface area contributed by atoms with Gasteiger partial charge >= 0.3 is 6.09 Å². The van der Waals surface area contributed by atoms with E-state index in [-0.39, 0.29) is 12.2 Å². The highest BCUT2D eigenvalue weighted by molar-refractivity contribution is 6.18. The number of carbonyl (C=O) groups excluding carboxylic acids is 1. The van der Waals surface area contributed by atoms with Crippen LogP contribution in [0.2, 0.25) is 0 Å². The quantitative estimate of drug-likeness (QED) is 0.637. The smallest absolute Gasteiger partial charge is 0.410 e. The highest BCUT2D eigenvalue weighted by Gasteiger charge is 2.19. The van der Waals surface area contributed by atoms with Crippen molar-refractivity contribution in [2.24, 2.45) is 0 Å². The number of hydrogen-bond acceptors (Lipinski definition) is 3. The van der Waals surface area contributed by atoms with E-state index in [1.807, 2.05) is 0 Å². The molecule has 0 N–H and O–H groups in total. The maximum atomic E-state index is 11.4. The molecule has 0 aromatic carbocycles. The van der Waals surface area contributed by atoms with Crippen LogP contribution in [0.15, 0.2) is 0 Å². The molecule has 1 aliphatic heterocycles. The fourth-order valence-electron chi connectivity index (χ4n) is 1.02. The lowest BCUT2D eigenvalue weighted by molar-refractivity contribution is 0.0186. The monoisotopic (exact) mass is 207 g/mol. The van der Waals surface area contributed by atoms with Crippen molar-refractivity contribution in [2.75, 3.05) is 32.2 Å². The van der Waals surface area contributed by atoms with Crippen molar-refractivity contribution in [3.05, 3.63) is 0 Å². The van der Waals surface area contributed by atoms with E-state index in [2.05, 4.69) is 0 Å². The van der Waals surface area contributed by atoms with Crippen LogP contribution in [0.1, 0.15) is 6.92 Å². The summed E-state index contributed by atoms with van der Waals surface area (Å²) in [4.78, 5) is 13.0. The minimum absolute atomic E-state index is 0.225. The fraction of sp³-hybridized carbons (Fsp3) is 0.875. The SMILES string of the molecule is CC(CCl)OC(=O)N1CCOCC1. The van der Waals surface area contributed by atoms with Gasteiger partial charge in [-0.1, -0.05) is 0 Å². The third-order valence-corrected chi connectivity index (χ3v) is 2.22. The van der Waals surface area contributed by atoms with Crippen molar-refractivity contribution in [1.82, 2.24) is 4.90 Å². The Morgan fingerprint density at radius 3 is 2.77 bits per heavy atom. The Morgan fingerprint density at radius 1 is 1.62 bits per heavy atom. The third-order valence-electron chi connectivity index (χ3n) is 1.79. The zero-order chi connectivity index (χ0) is 9.68. The number of rotatable bonds is 2. The van der Waals surface area contributed by atoms with Crippen LogP contribution < -0.4 is 0 Å². The molecule has 1 fully saturated rings. The van der Waals surface area contributed by atoms with Crippen LogP contribution in [-0.4, -0.2) is 49.3 Å². The number of hydrogen-bond donors (Lipinski definition) is 0. The molecule has 4 nitrogen and oxygen atoms in total. The van der Waals surface area contributed by atoms with Crippen LogP contribution in [0.25, 0.3) is 0 Å². The average Bonchev–Trinajstić information content (AvgIpc) is 2.19. The Labute approximate surface area is 82.7 Å². The molecule has 0 radical (unpaired) electrons. The topological polar surface area (TPSA) is 38.8 Å². The number of alkyl halides is 1. The molecule has 1 rings (SSSR count). The van der Waals surface area contributed by atoms with Crippen molar-refractivity contribution in [1.29, 1.82) is 0 Å². The van der Waals surface area contributed by atoms with Crippen LogP contribution in [0.3, 0.4) is 0 Å². The molecular weight excluding hydrogens is 194 g/mol. The van der Waals surface area contributed by atoms with Crippen molar-refractivity contribution in [3.63, 3.8) is 0 Å². The number of ether oxygens (including phenoxy) is 2. The summed E-state index contributed by atoms with van der Waals surface area (Å²) in [6.07, 6.45) is -0.520. The van der Waals surface area contributed by atoms with Crippen molar-refractivity contribution in [2.45, 2.75) is 13.0 Å². The first kappa shape index (κ1) is 10.6. The maximum absolute atomic E-state index is 11.4. The van der Waals surface area contributed by atoms with Gasteiger partial charge in [0.25, 0.3) is 0 Å². The van der Waals surface area contributed by atoms with E-state index in [1.165, 1.54) is 0 Å². The van der Waals surface area contributed by atoms with Crippen molar-refractivity contribution in [3.8, 4) is 0 Å². The molecule has 13 heavy (non-hydrogen) atoms. The summed E-state index contributed by atoms with van der Waals surface area (Å²) in [5.74, 6) is 0.329. The zero-order valence-electron chi connectivity index (χ0n) is 7.66. The molecule has 0 bridgehead atoms. The summed E-state index contributed by atoms with van der Waals surface area (Å²) in [6, 6.07) is 0. The van der Waals surface area contributed by atoms with Gasteiger partial charge in [0.2, 0.25) is 0 Å². The van der Waals surface area contributed by atoms with E-state index in [0.29, 0.717) is 32.2 Å². The number of carbonyl (C=O) groups is 1. The first-order chi connectivity index (χ1) is 6.24. The van der Waals surface area contributed by atoms with Crippen molar-refractivity contribution < 1.29 is 14.3 Å². The third kappa shape index (κ3) is 3.40. The van der Waals surface area contributed by atoms with E-state index in [1.54, 1.807) is 11.8 Å². The van der Waals surface area contributed by atoms with Crippen molar-refractivity contribution >= 4 is 17.7 Å². The van der Waals surface area contributed by atoms with Gasteiger partial charge in [0.1, 0.15) is 6.10 Å². The zero-order valence-corrected chi connectivity index (χ0v) is 8.42. The van der Waals surface area contributed by atoms with E-state index in [0.717, 1.165) is 0 Å². The van der Waals surface area contributed by atoms with Gasteiger partial charge in [-0.25, -0.2) is 4.79 Å². The molecule has 1 heterocycles. The Hall–Kier alpha value is -0.480. The van der Waals surface area contributed by atoms with Gasteiger partial charge in [-0.05, 0) is 6.92 Å². The van der Waals surface area contributed by atoms with Gasteiger partial charge < -0.3 is 14.4 Å². The molecule has 0 spiro atoms. The molecule has 1 saturated heterocycles. The molecule has 0 aromatic heterocycles. The number of morpholine rings is 1. The van der Waals surface area contributed by atoms with Gasteiger partial charge in [-0.15, -0.1) is 11.6 Å². The maximum Gasteiger partial charge on any atom is 0.410 e. The van der Waals surface area contributed by atoms with E-state index >= 15 is 0 Å². The predicted molar refractivity (Wildman–Crippen MR) is 49.1 cm³/mol. The van der Waals surface area contributed by atoms with Crippen LogP contribution in [0, 0.1) is 0 Å². The highest BCUT2D eigenvalue weighted by Crippen LogP contribution is 2.03. The summed E-state index contributed by atoms with van der Waals surface area (Å²) in [5, 5.41) is 0. The van der Waals surface area contributed by atoms with Gasteiger partial charge in [-0.2, -0.15) is 0 Å². The Morgan fingerprint density at radius 2 is 2.23 bits per heavy atom. The van der Waals surface area contributed by atoms with Gasteiger partial charge in [-0.3, -0.25) is 0 Å². The van der Waals surface area contributed by atoms with Crippen LogP contribution in [0.4, 0.5) is 4.79 Å². The lowest BCUT2D eigenvalue weighted by Gasteiger charge is -2.27. The number of amides is 1. The first-order valence-corrected chi connectivity index (χ1v) is 4.86.